The number of rotatable bonds is 6. The number of thioether (sulfide) groups is 1. The highest BCUT2D eigenvalue weighted by Crippen LogP contribution is 2.23. The van der Waals surface area contributed by atoms with E-state index in [1.165, 1.54) is 11.8 Å². The van der Waals surface area contributed by atoms with Crippen molar-refractivity contribution in [2.45, 2.75) is 26.0 Å². The predicted molar refractivity (Wildman–Crippen MR) is 107 cm³/mol. The first-order valence-corrected chi connectivity index (χ1v) is 9.53. The highest BCUT2D eigenvalue weighted by Gasteiger charge is 2.12. The van der Waals surface area contributed by atoms with Crippen LogP contribution in [0, 0.1) is 20.8 Å². The number of carbonyl (C=O) groups is 2. The Morgan fingerprint density at radius 3 is 2.48 bits per heavy atom. The third-order valence-electron chi connectivity index (χ3n) is 3.99. The molecule has 3 aromatic rings. The van der Waals surface area contributed by atoms with Gasteiger partial charge in [0.2, 0.25) is 11.8 Å². The van der Waals surface area contributed by atoms with Gasteiger partial charge < -0.3 is 15.1 Å². The number of aryl methyl sites for hydroxylation is 3. The second-order valence-corrected chi connectivity index (χ2v) is 7.26. The lowest BCUT2D eigenvalue weighted by atomic mass is 10.1. The van der Waals surface area contributed by atoms with E-state index in [1.807, 2.05) is 57.2 Å². The van der Waals surface area contributed by atoms with Crippen LogP contribution in [0.1, 0.15) is 16.7 Å². The second-order valence-electron chi connectivity index (χ2n) is 6.33. The minimum atomic E-state index is -0.259. The number of benzene rings is 2. The van der Waals surface area contributed by atoms with Crippen molar-refractivity contribution in [1.82, 2.24) is 10.3 Å². The molecule has 0 bridgehead atoms. The summed E-state index contributed by atoms with van der Waals surface area (Å²) in [5.74, 6) is -0.386. The second kappa shape index (κ2) is 8.26. The highest BCUT2D eigenvalue weighted by molar-refractivity contribution is 7.99. The Labute approximate surface area is 161 Å². The maximum Gasteiger partial charge on any atom is 0.257 e. The molecule has 1 aromatic heterocycles. The minimum Gasteiger partial charge on any atom is -0.431 e. The number of carbonyl (C=O) groups excluding carboxylic acids is 2. The van der Waals surface area contributed by atoms with Crippen molar-refractivity contribution in [1.29, 1.82) is 0 Å². The lowest BCUT2D eigenvalue weighted by Crippen LogP contribution is -2.34. The molecule has 2 amide bonds. The van der Waals surface area contributed by atoms with Gasteiger partial charge in [0, 0.05) is 5.69 Å². The van der Waals surface area contributed by atoms with E-state index in [0.29, 0.717) is 10.8 Å². The van der Waals surface area contributed by atoms with Crippen molar-refractivity contribution in [2.24, 2.45) is 0 Å². The zero-order chi connectivity index (χ0) is 19.4. The number of hydrogen-bond donors (Lipinski definition) is 2. The summed E-state index contributed by atoms with van der Waals surface area (Å²) < 4.78 is 5.55. The third kappa shape index (κ3) is 4.89. The molecule has 1 heterocycles. The van der Waals surface area contributed by atoms with Gasteiger partial charge in [-0.15, -0.1) is 0 Å². The first kappa shape index (κ1) is 19.0. The SMILES string of the molecule is Cc1cc(C)c(NC(=O)CNC(=O)CSc2nc3ccccc3o2)c(C)c1. The number of nitrogens with zero attached hydrogens (tertiary/aromatic N) is 1. The van der Waals surface area contributed by atoms with Crippen LogP contribution in [0.5, 0.6) is 0 Å². The van der Waals surface area contributed by atoms with Crippen molar-refractivity contribution >= 4 is 40.4 Å². The fourth-order valence-corrected chi connectivity index (χ4v) is 3.50. The topological polar surface area (TPSA) is 84.2 Å². The maximum absolute atomic E-state index is 12.1. The van der Waals surface area contributed by atoms with Crippen molar-refractivity contribution in [3.8, 4) is 0 Å². The van der Waals surface area contributed by atoms with E-state index in [0.717, 1.165) is 27.9 Å². The third-order valence-corrected chi connectivity index (χ3v) is 4.82. The predicted octanol–water partition coefficient (Wildman–Crippen LogP) is 3.60. The van der Waals surface area contributed by atoms with Gasteiger partial charge in [0.1, 0.15) is 5.52 Å². The number of hydrogen-bond acceptors (Lipinski definition) is 5. The molecule has 0 unspecified atom stereocenters. The number of oxazole rings is 1. The van der Waals surface area contributed by atoms with Crippen molar-refractivity contribution < 1.29 is 14.0 Å². The van der Waals surface area contributed by atoms with Crippen LogP contribution >= 0.6 is 11.8 Å². The van der Waals surface area contributed by atoms with Gasteiger partial charge in [-0.05, 0) is 44.0 Å². The van der Waals surface area contributed by atoms with Crippen LogP contribution in [-0.2, 0) is 9.59 Å². The fraction of sp³-hybridized carbons (Fsp3) is 0.250. The number of amides is 2. The molecule has 2 N–H and O–H groups in total. The summed E-state index contributed by atoms with van der Waals surface area (Å²) in [6.45, 7) is 5.83. The van der Waals surface area contributed by atoms with E-state index < -0.39 is 0 Å². The maximum atomic E-state index is 12.1. The van der Waals surface area contributed by atoms with Gasteiger partial charge in [-0.3, -0.25) is 9.59 Å². The Morgan fingerprint density at radius 2 is 1.78 bits per heavy atom. The first-order valence-electron chi connectivity index (χ1n) is 8.55. The van der Waals surface area contributed by atoms with Gasteiger partial charge in [0.05, 0.1) is 12.3 Å². The Hall–Kier alpha value is -2.80. The lowest BCUT2D eigenvalue weighted by molar-refractivity contribution is -0.122. The molecule has 0 aliphatic heterocycles. The molecule has 6 nitrogen and oxygen atoms in total. The van der Waals surface area contributed by atoms with Crippen LogP contribution in [0.15, 0.2) is 46.0 Å². The lowest BCUT2D eigenvalue weighted by Gasteiger charge is -2.13. The van der Waals surface area contributed by atoms with E-state index in [4.69, 9.17) is 4.42 Å². The van der Waals surface area contributed by atoms with E-state index in [-0.39, 0.29) is 24.1 Å². The van der Waals surface area contributed by atoms with Crippen LogP contribution in [0.25, 0.3) is 11.1 Å². The van der Waals surface area contributed by atoms with Crippen LogP contribution < -0.4 is 10.6 Å². The van der Waals surface area contributed by atoms with Crippen LogP contribution in [0.4, 0.5) is 5.69 Å². The van der Waals surface area contributed by atoms with E-state index in [9.17, 15) is 9.59 Å². The van der Waals surface area contributed by atoms with Gasteiger partial charge in [-0.25, -0.2) is 4.98 Å². The zero-order valence-electron chi connectivity index (χ0n) is 15.5. The normalized spacial score (nSPS) is 10.8. The summed E-state index contributed by atoms with van der Waals surface area (Å²) in [6, 6.07) is 11.4. The van der Waals surface area contributed by atoms with Crippen molar-refractivity contribution in [2.75, 3.05) is 17.6 Å². The molecule has 140 valence electrons. The number of nitrogens with one attached hydrogen (secondary N) is 2. The van der Waals surface area contributed by atoms with Gasteiger partial charge in [-0.2, -0.15) is 0 Å². The molecule has 0 spiro atoms. The average Bonchev–Trinajstić information content (AvgIpc) is 3.04. The Balaban J connectivity index is 1.48. The van der Waals surface area contributed by atoms with Gasteiger partial charge >= 0.3 is 0 Å². The van der Waals surface area contributed by atoms with Crippen LogP contribution in [0.2, 0.25) is 0 Å². The number of fused-ring (bicyclic) bond motifs is 1. The summed E-state index contributed by atoms with van der Waals surface area (Å²) in [5, 5.41) is 5.91. The molecule has 0 atom stereocenters. The fourth-order valence-electron chi connectivity index (χ4n) is 2.83. The average molecular weight is 383 g/mol. The molecule has 27 heavy (non-hydrogen) atoms. The number of para-hydroxylation sites is 2. The van der Waals surface area contributed by atoms with Crippen LogP contribution in [-0.4, -0.2) is 29.1 Å². The van der Waals surface area contributed by atoms with Crippen molar-refractivity contribution in [3.05, 3.63) is 53.1 Å². The smallest absolute Gasteiger partial charge is 0.257 e. The molecule has 3 rings (SSSR count). The van der Waals surface area contributed by atoms with Gasteiger partial charge in [-0.1, -0.05) is 41.6 Å². The molecule has 0 aliphatic rings. The summed E-state index contributed by atoms with van der Waals surface area (Å²) >= 11 is 1.19. The molecule has 0 saturated carbocycles. The molecular weight excluding hydrogens is 362 g/mol. The molecule has 0 fully saturated rings. The summed E-state index contributed by atoms with van der Waals surface area (Å²) in [5.41, 5.74) is 5.37. The van der Waals surface area contributed by atoms with E-state index in [1.54, 1.807) is 0 Å². The molecule has 0 aliphatic carbocycles. The Morgan fingerprint density at radius 1 is 1.07 bits per heavy atom. The van der Waals surface area contributed by atoms with E-state index in [2.05, 4.69) is 15.6 Å². The summed E-state index contributed by atoms with van der Waals surface area (Å²) in [7, 11) is 0. The monoisotopic (exact) mass is 383 g/mol. The first-order chi connectivity index (χ1) is 12.9. The zero-order valence-corrected chi connectivity index (χ0v) is 16.3. The molecule has 2 aromatic carbocycles. The number of anilines is 1. The summed E-state index contributed by atoms with van der Waals surface area (Å²) in [6.07, 6.45) is 0. The molecule has 0 saturated heterocycles. The Kier molecular flexibility index (Phi) is 5.81. The van der Waals surface area contributed by atoms with Crippen LogP contribution in [0.3, 0.4) is 0 Å². The molecule has 0 radical (unpaired) electrons. The quantitative estimate of drug-likeness (QED) is 0.636. The van der Waals surface area contributed by atoms with Gasteiger partial charge in [0.25, 0.3) is 5.22 Å². The molecule has 7 heteroatoms. The van der Waals surface area contributed by atoms with E-state index >= 15 is 0 Å². The standard InChI is InChI=1S/C20H21N3O3S/c1-12-8-13(2)19(14(3)9-12)23-17(24)10-21-18(25)11-27-20-22-15-6-4-5-7-16(15)26-20/h4-9H,10-11H2,1-3H3,(H,21,25)(H,23,24). The largest absolute Gasteiger partial charge is 0.431 e. The molecular formula is C20H21N3O3S. The summed E-state index contributed by atoms with van der Waals surface area (Å²) in [4.78, 5) is 28.4. The van der Waals surface area contributed by atoms with Gasteiger partial charge in [0.15, 0.2) is 5.58 Å². The highest BCUT2D eigenvalue weighted by atomic mass is 32.2. The van der Waals surface area contributed by atoms with Crippen molar-refractivity contribution in [3.63, 3.8) is 0 Å². The minimum absolute atomic E-state index is 0.0836. The number of aromatic nitrogens is 1. The Bertz CT molecular complexity index is 941.